The van der Waals surface area contributed by atoms with E-state index < -0.39 is 17.3 Å². The Morgan fingerprint density at radius 1 is 1.58 bits per heavy atom. The van der Waals surface area contributed by atoms with Crippen LogP contribution in [0.15, 0.2) is 12.3 Å². The summed E-state index contributed by atoms with van der Waals surface area (Å²) in [5.74, 6) is 3.61. The molecule has 0 aliphatic rings. The third-order valence-corrected chi connectivity index (χ3v) is 2.48. The third kappa shape index (κ3) is 4.15. The van der Waals surface area contributed by atoms with E-state index in [4.69, 9.17) is 10.6 Å². The van der Waals surface area contributed by atoms with E-state index in [1.165, 1.54) is 12.3 Å². The second-order valence-electron chi connectivity index (χ2n) is 4.54. The number of hydrogen-bond acceptors (Lipinski definition) is 5. The quantitative estimate of drug-likeness (QED) is 0.531. The van der Waals surface area contributed by atoms with E-state index in [1.807, 2.05) is 20.8 Å². The Kier molecular flexibility index (Phi) is 5.20. The summed E-state index contributed by atoms with van der Waals surface area (Å²) in [5, 5.41) is 2.62. The fourth-order valence-electron chi connectivity index (χ4n) is 1.55. The van der Waals surface area contributed by atoms with Gasteiger partial charge in [0.25, 0.3) is 5.91 Å². The zero-order valence-corrected chi connectivity index (χ0v) is 11.3. The number of carbonyl (C=O) groups excluding carboxylic acids is 1. The van der Waals surface area contributed by atoms with E-state index in [-0.39, 0.29) is 17.9 Å². The van der Waals surface area contributed by atoms with Crippen molar-refractivity contribution in [2.75, 3.05) is 18.6 Å². The zero-order valence-electron chi connectivity index (χ0n) is 11.3. The number of hydrazine groups is 1. The number of nitrogen functional groups attached to an aromatic ring is 1. The highest BCUT2D eigenvalue weighted by atomic mass is 19.1. The molecule has 0 aliphatic heterocycles. The molecule has 0 aromatic carbocycles. The Bertz CT molecular complexity index is 451. The Morgan fingerprint density at radius 2 is 2.26 bits per heavy atom. The molecular weight excluding hydrogens is 251 g/mol. The van der Waals surface area contributed by atoms with Gasteiger partial charge in [-0.15, -0.1) is 0 Å². The van der Waals surface area contributed by atoms with Crippen molar-refractivity contribution in [1.29, 1.82) is 0 Å². The van der Waals surface area contributed by atoms with Gasteiger partial charge in [0.2, 0.25) is 0 Å². The standard InChI is InChI=1S/C12H19FN4O2/c1-4-19-12(2,3)7-16-11(18)8-5-6-15-10(17-14)9(8)13/h5-6H,4,7,14H2,1-3H3,(H,15,17)(H,16,18). The van der Waals surface area contributed by atoms with Crippen LogP contribution in [0, 0.1) is 5.82 Å². The van der Waals surface area contributed by atoms with Crippen LogP contribution in [0.3, 0.4) is 0 Å². The largest absolute Gasteiger partial charge is 0.374 e. The molecule has 1 aromatic rings. The molecule has 1 rings (SSSR count). The highest BCUT2D eigenvalue weighted by molar-refractivity contribution is 5.95. The van der Waals surface area contributed by atoms with Gasteiger partial charge in [0.05, 0.1) is 11.2 Å². The average molecular weight is 270 g/mol. The maximum absolute atomic E-state index is 13.8. The summed E-state index contributed by atoms with van der Waals surface area (Å²) in [7, 11) is 0. The van der Waals surface area contributed by atoms with Gasteiger partial charge in [0, 0.05) is 19.3 Å². The van der Waals surface area contributed by atoms with Gasteiger partial charge in [-0.3, -0.25) is 4.79 Å². The van der Waals surface area contributed by atoms with Crippen molar-refractivity contribution in [1.82, 2.24) is 10.3 Å². The summed E-state index contributed by atoms with van der Waals surface area (Å²) in [5.41, 5.74) is 1.47. The number of nitrogens with one attached hydrogen (secondary N) is 2. The van der Waals surface area contributed by atoms with Crippen molar-refractivity contribution >= 4 is 11.7 Å². The molecule has 0 bridgehead atoms. The lowest BCUT2D eigenvalue weighted by atomic mass is 10.1. The van der Waals surface area contributed by atoms with Gasteiger partial charge in [-0.05, 0) is 26.8 Å². The second kappa shape index (κ2) is 6.44. The van der Waals surface area contributed by atoms with Gasteiger partial charge in [-0.1, -0.05) is 0 Å². The number of hydrogen-bond donors (Lipinski definition) is 3. The highest BCUT2D eigenvalue weighted by Gasteiger charge is 2.21. The lowest BCUT2D eigenvalue weighted by molar-refractivity contribution is -0.00818. The number of nitrogens with two attached hydrogens (primary N) is 1. The molecule has 0 saturated carbocycles. The minimum atomic E-state index is -0.781. The van der Waals surface area contributed by atoms with Gasteiger partial charge >= 0.3 is 0 Å². The SMILES string of the molecule is CCOC(C)(C)CNC(=O)c1ccnc(NN)c1F. The van der Waals surface area contributed by atoms with E-state index in [0.717, 1.165) is 0 Å². The summed E-state index contributed by atoms with van der Waals surface area (Å²) in [6.07, 6.45) is 1.31. The Hall–Kier alpha value is -1.73. The lowest BCUT2D eigenvalue weighted by Gasteiger charge is -2.24. The number of anilines is 1. The van der Waals surface area contributed by atoms with E-state index >= 15 is 0 Å². The van der Waals surface area contributed by atoms with E-state index in [0.29, 0.717) is 6.61 Å². The first kappa shape index (κ1) is 15.3. The molecule has 6 nitrogen and oxygen atoms in total. The van der Waals surface area contributed by atoms with Crippen LogP contribution in [0.5, 0.6) is 0 Å². The first-order valence-electron chi connectivity index (χ1n) is 5.94. The van der Waals surface area contributed by atoms with E-state index in [2.05, 4.69) is 15.7 Å². The highest BCUT2D eigenvalue weighted by Crippen LogP contribution is 2.14. The molecule has 0 saturated heterocycles. The van der Waals surface area contributed by atoms with Crippen LogP contribution in [0.2, 0.25) is 0 Å². The normalized spacial score (nSPS) is 11.2. The number of ether oxygens (including phenoxy) is 1. The van der Waals surface area contributed by atoms with Crippen molar-refractivity contribution in [3.63, 3.8) is 0 Å². The number of halogens is 1. The van der Waals surface area contributed by atoms with Crippen LogP contribution >= 0.6 is 0 Å². The molecule has 106 valence electrons. The van der Waals surface area contributed by atoms with E-state index in [1.54, 1.807) is 0 Å². The molecule has 0 aliphatic carbocycles. The van der Waals surface area contributed by atoms with Crippen molar-refractivity contribution in [2.24, 2.45) is 5.84 Å². The van der Waals surface area contributed by atoms with Gasteiger partial charge in [-0.2, -0.15) is 0 Å². The van der Waals surface area contributed by atoms with Gasteiger partial charge < -0.3 is 15.5 Å². The third-order valence-electron chi connectivity index (χ3n) is 2.48. The van der Waals surface area contributed by atoms with Crippen molar-refractivity contribution < 1.29 is 13.9 Å². The lowest BCUT2D eigenvalue weighted by Crippen LogP contribution is -2.40. The fourth-order valence-corrected chi connectivity index (χ4v) is 1.55. The molecule has 0 unspecified atom stereocenters. The maximum atomic E-state index is 13.8. The van der Waals surface area contributed by atoms with Gasteiger partial charge in [0.15, 0.2) is 11.6 Å². The molecule has 1 amide bonds. The summed E-state index contributed by atoms with van der Waals surface area (Å²) < 4.78 is 19.2. The number of nitrogens with zero attached hydrogens (tertiary/aromatic N) is 1. The van der Waals surface area contributed by atoms with Gasteiger partial charge in [-0.25, -0.2) is 15.2 Å². The minimum absolute atomic E-state index is 0.116. The number of amides is 1. The molecule has 0 fully saturated rings. The molecule has 1 aromatic heterocycles. The second-order valence-corrected chi connectivity index (χ2v) is 4.54. The molecule has 0 spiro atoms. The predicted octanol–water partition coefficient (Wildman–Crippen LogP) is 1.05. The molecular formula is C12H19FN4O2. The van der Waals surface area contributed by atoms with Crippen molar-refractivity contribution in [3.8, 4) is 0 Å². The van der Waals surface area contributed by atoms with Crippen molar-refractivity contribution in [3.05, 3.63) is 23.6 Å². The van der Waals surface area contributed by atoms with Crippen LogP contribution < -0.4 is 16.6 Å². The molecule has 4 N–H and O–H groups in total. The molecule has 0 radical (unpaired) electrons. The predicted molar refractivity (Wildman–Crippen MR) is 70.0 cm³/mol. The van der Waals surface area contributed by atoms with Crippen LogP contribution in [0.25, 0.3) is 0 Å². The average Bonchev–Trinajstić information content (AvgIpc) is 2.36. The minimum Gasteiger partial charge on any atom is -0.374 e. The Morgan fingerprint density at radius 3 is 2.84 bits per heavy atom. The summed E-state index contributed by atoms with van der Waals surface area (Å²) in [6, 6.07) is 1.29. The van der Waals surface area contributed by atoms with Crippen molar-refractivity contribution in [2.45, 2.75) is 26.4 Å². The molecule has 19 heavy (non-hydrogen) atoms. The smallest absolute Gasteiger partial charge is 0.254 e. The summed E-state index contributed by atoms with van der Waals surface area (Å²) in [6.45, 7) is 6.35. The first-order chi connectivity index (χ1) is 8.91. The zero-order chi connectivity index (χ0) is 14.5. The monoisotopic (exact) mass is 270 g/mol. The molecule has 0 atom stereocenters. The topological polar surface area (TPSA) is 89.3 Å². The summed E-state index contributed by atoms with van der Waals surface area (Å²) >= 11 is 0. The summed E-state index contributed by atoms with van der Waals surface area (Å²) in [4.78, 5) is 15.5. The number of carbonyl (C=O) groups is 1. The number of rotatable bonds is 6. The van der Waals surface area contributed by atoms with Crippen LogP contribution in [0.1, 0.15) is 31.1 Å². The fraction of sp³-hybridized carbons (Fsp3) is 0.500. The number of aromatic nitrogens is 1. The van der Waals surface area contributed by atoms with Crippen LogP contribution in [-0.4, -0.2) is 29.6 Å². The van der Waals surface area contributed by atoms with Gasteiger partial charge in [0.1, 0.15) is 0 Å². The van der Waals surface area contributed by atoms with E-state index in [9.17, 15) is 9.18 Å². The molecule has 1 heterocycles. The van der Waals surface area contributed by atoms with Crippen LogP contribution in [0.4, 0.5) is 10.2 Å². The van der Waals surface area contributed by atoms with Crippen LogP contribution in [-0.2, 0) is 4.74 Å². The first-order valence-corrected chi connectivity index (χ1v) is 5.94. The Balaban J connectivity index is 2.74. The maximum Gasteiger partial charge on any atom is 0.254 e. The Labute approximate surface area is 111 Å². The number of pyridine rings is 1. The molecule has 7 heteroatoms.